The number of pyridine rings is 1. The van der Waals surface area contributed by atoms with E-state index < -0.39 is 0 Å². The van der Waals surface area contributed by atoms with E-state index in [-0.39, 0.29) is 0 Å². The third-order valence-electron chi connectivity index (χ3n) is 2.48. The quantitative estimate of drug-likeness (QED) is 0.872. The van der Waals surface area contributed by atoms with Crippen molar-refractivity contribution in [2.45, 2.75) is 26.4 Å². The first-order valence-electron chi connectivity index (χ1n) is 6.15. The summed E-state index contributed by atoms with van der Waals surface area (Å²) in [4.78, 5) is 4.21. The lowest BCUT2D eigenvalue weighted by Crippen LogP contribution is -2.21. The third kappa shape index (κ3) is 3.86. The summed E-state index contributed by atoms with van der Waals surface area (Å²) in [5, 5.41) is 3.37. The Bertz CT molecular complexity index is 483. The fourth-order valence-electron chi connectivity index (χ4n) is 1.55. The number of ether oxygens (including phenoxy) is 1. The van der Waals surface area contributed by atoms with Crippen LogP contribution in [0.5, 0.6) is 11.6 Å². The van der Waals surface area contributed by atoms with Crippen LogP contribution in [-0.4, -0.2) is 11.0 Å². The molecular weight excluding hydrogens is 224 g/mol. The van der Waals surface area contributed by atoms with Crippen molar-refractivity contribution < 1.29 is 4.74 Å². The number of benzene rings is 1. The van der Waals surface area contributed by atoms with Gasteiger partial charge in [0.15, 0.2) is 0 Å². The van der Waals surface area contributed by atoms with Gasteiger partial charge in [-0.25, -0.2) is 4.98 Å². The number of hydrogen-bond donors (Lipinski definition) is 1. The van der Waals surface area contributed by atoms with E-state index >= 15 is 0 Å². The van der Waals surface area contributed by atoms with Gasteiger partial charge in [-0.05, 0) is 23.8 Å². The van der Waals surface area contributed by atoms with E-state index in [1.807, 2.05) is 42.5 Å². The topological polar surface area (TPSA) is 34.2 Å². The van der Waals surface area contributed by atoms with Crippen LogP contribution in [0.4, 0.5) is 0 Å². The van der Waals surface area contributed by atoms with Crippen molar-refractivity contribution in [3.05, 3.63) is 54.2 Å². The number of hydrogen-bond acceptors (Lipinski definition) is 3. The molecule has 18 heavy (non-hydrogen) atoms. The van der Waals surface area contributed by atoms with Crippen LogP contribution >= 0.6 is 0 Å². The zero-order chi connectivity index (χ0) is 12.8. The Morgan fingerprint density at radius 2 is 1.94 bits per heavy atom. The van der Waals surface area contributed by atoms with Gasteiger partial charge in [-0.2, -0.15) is 0 Å². The summed E-state index contributed by atoms with van der Waals surface area (Å²) < 4.78 is 5.69. The second-order valence-electron chi connectivity index (χ2n) is 4.45. The Kier molecular flexibility index (Phi) is 4.31. The lowest BCUT2D eigenvalue weighted by atomic mass is 10.2. The highest BCUT2D eigenvalue weighted by Gasteiger charge is 2.01. The van der Waals surface area contributed by atoms with Crippen molar-refractivity contribution in [2.24, 2.45) is 0 Å². The Morgan fingerprint density at radius 3 is 2.67 bits per heavy atom. The van der Waals surface area contributed by atoms with Crippen LogP contribution < -0.4 is 10.1 Å². The minimum atomic E-state index is 0.469. The van der Waals surface area contributed by atoms with Gasteiger partial charge in [0.05, 0.1) is 0 Å². The molecule has 0 atom stereocenters. The molecule has 1 N–H and O–H groups in total. The molecule has 1 aromatic heterocycles. The maximum absolute atomic E-state index is 5.69. The first kappa shape index (κ1) is 12.6. The van der Waals surface area contributed by atoms with Crippen molar-refractivity contribution in [3.8, 4) is 11.6 Å². The molecule has 0 amide bonds. The third-order valence-corrected chi connectivity index (χ3v) is 2.48. The SMILES string of the molecule is CC(C)NCc1ccnc(Oc2ccccc2)c1. The predicted octanol–water partition coefficient (Wildman–Crippen LogP) is 3.37. The van der Waals surface area contributed by atoms with Gasteiger partial charge >= 0.3 is 0 Å². The van der Waals surface area contributed by atoms with Crippen LogP contribution in [0.2, 0.25) is 0 Å². The van der Waals surface area contributed by atoms with Crippen molar-refractivity contribution in [2.75, 3.05) is 0 Å². The molecule has 0 saturated heterocycles. The van der Waals surface area contributed by atoms with Gasteiger partial charge in [0.2, 0.25) is 5.88 Å². The number of aromatic nitrogens is 1. The van der Waals surface area contributed by atoms with Gasteiger partial charge in [-0.15, -0.1) is 0 Å². The number of para-hydroxylation sites is 1. The second kappa shape index (κ2) is 6.17. The molecule has 0 fully saturated rings. The molecule has 0 radical (unpaired) electrons. The smallest absolute Gasteiger partial charge is 0.219 e. The summed E-state index contributed by atoms with van der Waals surface area (Å²) in [5.74, 6) is 1.43. The van der Waals surface area contributed by atoms with Crippen molar-refractivity contribution in [1.29, 1.82) is 0 Å². The maximum atomic E-state index is 5.69. The fourth-order valence-corrected chi connectivity index (χ4v) is 1.55. The highest BCUT2D eigenvalue weighted by Crippen LogP contribution is 2.19. The summed E-state index contributed by atoms with van der Waals surface area (Å²) in [6, 6.07) is 14.1. The van der Waals surface area contributed by atoms with Crippen molar-refractivity contribution >= 4 is 0 Å². The summed E-state index contributed by atoms with van der Waals surface area (Å²) in [5.41, 5.74) is 1.17. The van der Waals surface area contributed by atoms with Gasteiger partial charge in [0.25, 0.3) is 0 Å². The normalized spacial score (nSPS) is 10.6. The second-order valence-corrected chi connectivity index (χ2v) is 4.45. The van der Waals surface area contributed by atoms with E-state index in [2.05, 4.69) is 24.1 Å². The van der Waals surface area contributed by atoms with Gasteiger partial charge in [-0.1, -0.05) is 32.0 Å². The van der Waals surface area contributed by atoms with Gasteiger partial charge in [0.1, 0.15) is 5.75 Å². The van der Waals surface area contributed by atoms with E-state index in [1.165, 1.54) is 5.56 Å². The molecule has 0 unspecified atom stereocenters. The van der Waals surface area contributed by atoms with Gasteiger partial charge in [-0.3, -0.25) is 0 Å². The summed E-state index contributed by atoms with van der Waals surface area (Å²) in [6.07, 6.45) is 1.77. The highest BCUT2D eigenvalue weighted by molar-refractivity contribution is 5.28. The van der Waals surface area contributed by atoms with Crippen LogP contribution in [0.25, 0.3) is 0 Å². The van der Waals surface area contributed by atoms with Crippen LogP contribution in [0.3, 0.4) is 0 Å². The van der Waals surface area contributed by atoms with Gasteiger partial charge in [0, 0.05) is 24.8 Å². The summed E-state index contributed by atoms with van der Waals surface area (Å²) >= 11 is 0. The summed E-state index contributed by atoms with van der Waals surface area (Å²) in [6.45, 7) is 5.08. The Hall–Kier alpha value is -1.87. The molecule has 0 spiro atoms. The van der Waals surface area contributed by atoms with E-state index in [9.17, 15) is 0 Å². The average molecular weight is 242 g/mol. The van der Waals surface area contributed by atoms with Crippen LogP contribution in [-0.2, 0) is 6.54 Å². The lowest BCUT2D eigenvalue weighted by Gasteiger charge is -2.09. The van der Waals surface area contributed by atoms with Crippen molar-refractivity contribution in [3.63, 3.8) is 0 Å². The van der Waals surface area contributed by atoms with E-state index in [4.69, 9.17) is 4.74 Å². The Balaban J connectivity index is 2.03. The number of nitrogens with zero attached hydrogens (tertiary/aromatic N) is 1. The minimum absolute atomic E-state index is 0.469. The standard InChI is InChI=1S/C15H18N2O/c1-12(2)17-11-13-8-9-16-15(10-13)18-14-6-4-3-5-7-14/h3-10,12,17H,11H2,1-2H3. The van der Waals surface area contributed by atoms with E-state index in [0.717, 1.165) is 12.3 Å². The Labute approximate surface area is 108 Å². The highest BCUT2D eigenvalue weighted by atomic mass is 16.5. The monoisotopic (exact) mass is 242 g/mol. The molecular formula is C15H18N2O. The molecule has 2 aromatic rings. The predicted molar refractivity (Wildman–Crippen MR) is 72.7 cm³/mol. The molecule has 3 heteroatoms. The largest absolute Gasteiger partial charge is 0.439 e. The van der Waals surface area contributed by atoms with E-state index in [1.54, 1.807) is 6.20 Å². The molecule has 1 aromatic carbocycles. The van der Waals surface area contributed by atoms with Crippen molar-refractivity contribution in [1.82, 2.24) is 10.3 Å². The Morgan fingerprint density at radius 1 is 1.17 bits per heavy atom. The van der Waals surface area contributed by atoms with Gasteiger partial charge < -0.3 is 10.1 Å². The lowest BCUT2D eigenvalue weighted by molar-refractivity contribution is 0.461. The van der Waals surface area contributed by atoms with E-state index in [0.29, 0.717) is 11.9 Å². The van der Waals surface area contributed by atoms with Crippen LogP contribution in [0.15, 0.2) is 48.7 Å². The molecule has 2 rings (SSSR count). The molecule has 0 aliphatic rings. The first-order chi connectivity index (χ1) is 8.74. The molecule has 1 heterocycles. The molecule has 0 aliphatic carbocycles. The molecule has 0 bridgehead atoms. The first-order valence-corrected chi connectivity index (χ1v) is 6.15. The fraction of sp³-hybridized carbons (Fsp3) is 0.267. The molecule has 3 nitrogen and oxygen atoms in total. The number of nitrogens with one attached hydrogen (secondary N) is 1. The zero-order valence-electron chi connectivity index (χ0n) is 10.8. The molecule has 0 aliphatic heterocycles. The average Bonchev–Trinajstić information content (AvgIpc) is 2.38. The minimum Gasteiger partial charge on any atom is -0.439 e. The van der Waals surface area contributed by atoms with Crippen LogP contribution in [0.1, 0.15) is 19.4 Å². The number of rotatable bonds is 5. The zero-order valence-corrected chi connectivity index (χ0v) is 10.8. The summed E-state index contributed by atoms with van der Waals surface area (Å²) in [7, 11) is 0. The maximum Gasteiger partial charge on any atom is 0.219 e. The molecule has 0 saturated carbocycles. The van der Waals surface area contributed by atoms with Crippen LogP contribution in [0, 0.1) is 0 Å². The molecule has 94 valence electrons.